The van der Waals surface area contributed by atoms with Gasteiger partial charge in [-0.25, -0.2) is 9.37 Å². The molecule has 0 saturated carbocycles. The smallest absolute Gasteiger partial charge is 0.235 e. The first-order valence-corrected chi connectivity index (χ1v) is 4.67. The molecule has 20 heavy (non-hydrogen) atoms. The van der Waals surface area contributed by atoms with Gasteiger partial charge in [0, 0.05) is 5.56 Å². The monoisotopic (exact) mass is 297 g/mol. The summed E-state index contributed by atoms with van der Waals surface area (Å²) < 4.78 is 88.5. The average molecular weight is 297 g/mol. The summed E-state index contributed by atoms with van der Waals surface area (Å²) >= 11 is 0. The predicted octanol–water partition coefficient (Wildman–Crippen LogP) is 3.20. The summed E-state index contributed by atoms with van der Waals surface area (Å²) in [7, 11) is 0. The number of pyridine rings is 1. The predicted molar refractivity (Wildman–Crippen MR) is 48.2 cm³/mol. The summed E-state index contributed by atoms with van der Waals surface area (Å²) in [6, 6.07) is 2.13. The van der Waals surface area contributed by atoms with Crippen LogP contribution in [0.1, 0.15) is 22.5 Å². The quantitative estimate of drug-likeness (QED) is 0.748. The molecule has 0 bridgehead atoms. The van der Waals surface area contributed by atoms with Crippen LogP contribution in [0.25, 0.3) is 0 Å². The highest BCUT2D eigenvalue weighted by molar-refractivity contribution is 5.45. The topological polar surface area (TPSA) is 60.5 Å². The van der Waals surface area contributed by atoms with Gasteiger partial charge >= 0.3 is 12.4 Å². The Balaban J connectivity index is 3.84. The van der Waals surface area contributed by atoms with E-state index in [1.165, 1.54) is 6.07 Å². The van der Waals surface area contributed by atoms with Crippen LogP contribution in [-0.4, -0.2) is 4.98 Å². The fourth-order valence-electron chi connectivity index (χ4n) is 1.39. The van der Waals surface area contributed by atoms with Crippen LogP contribution >= 0.6 is 0 Å². The van der Waals surface area contributed by atoms with Gasteiger partial charge in [-0.05, 0) is 0 Å². The van der Waals surface area contributed by atoms with Crippen molar-refractivity contribution in [3.05, 3.63) is 28.3 Å². The lowest BCUT2D eigenvalue weighted by Crippen LogP contribution is -2.21. The summed E-state index contributed by atoms with van der Waals surface area (Å²) in [6.07, 6.45) is -12.0. The largest absolute Gasteiger partial charge is 0.436 e. The first-order chi connectivity index (χ1) is 9.04. The van der Waals surface area contributed by atoms with Gasteiger partial charge in [-0.1, -0.05) is 0 Å². The van der Waals surface area contributed by atoms with Crippen molar-refractivity contribution in [3.63, 3.8) is 0 Å². The number of nitriles is 2. The van der Waals surface area contributed by atoms with Crippen LogP contribution in [0.2, 0.25) is 0 Å². The second-order valence-corrected chi connectivity index (χ2v) is 3.42. The van der Waals surface area contributed by atoms with Crippen molar-refractivity contribution < 1.29 is 30.7 Å². The molecule has 0 N–H and O–H groups in total. The van der Waals surface area contributed by atoms with E-state index >= 15 is 0 Å². The molecule has 0 aliphatic rings. The molecule has 0 radical (unpaired) electrons. The Bertz CT molecular complexity index is 616. The van der Waals surface area contributed by atoms with Gasteiger partial charge in [0.1, 0.15) is 6.07 Å². The van der Waals surface area contributed by atoms with Crippen molar-refractivity contribution in [2.45, 2.75) is 18.8 Å². The van der Waals surface area contributed by atoms with Crippen molar-refractivity contribution in [3.8, 4) is 12.1 Å². The lowest BCUT2D eigenvalue weighted by atomic mass is 10.0. The van der Waals surface area contributed by atoms with Gasteiger partial charge in [0.15, 0.2) is 17.2 Å². The molecule has 0 atom stereocenters. The number of hydrogen-bond acceptors (Lipinski definition) is 3. The molecule has 0 aromatic carbocycles. The molecule has 0 aliphatic carbocycles. The number of alkyl halides is 6. The third kappa shape index (κ3) is 2.79. The highest BCUT2D eigenvalue weighted by Gasteiger charge is 2.44. The van der Waals surface area contributed by atoms with Gasteiger partial charge in [-0.15, -0.1) is 0 Å². The minimum atomic E-state index is -5.50. The molecule has 0 fully saturated rings. The Morgan fingerprint density at radius 1 is 0.950 bits per heavy atom. The van der Waals surface area contributed by atoms with Crippen LogP contribution in [0.4, 0.5) is 30.7 Å². The molecule has 1 aromatic heterocycles. The van der Waals surface area contributed by atoms with Crippen LogP contribution < -0.4 is 0 Å². The molecule has 0 spiro atoms. The van der Waals surface area contributed by atoms with E-state index in [-0.39, 0.29) is 0 Å². The molecule has 1 rings (SSSR count). The Labute approximate surface area is 106 Å². The second-order valence-electron chi connectivity index (χ2n) is 3.42. The summed E-state index contributed by atoms with van der Waals surface area (Å²) in [5, 5.41) is 16.9. The zero-order valence-corrected chi connectivity index (χ0v) is 9.19. The van der Waals surface area contributed by atoms with Crippen LogP contribution in [0.5, 0.6) is 0 Å². The van der Waals surface area contributed by atoms with E-state index in [0.717, 1.165) is 6.07 Å². The summed E-state index contributed by atoms with van der Waals surface area (Å²) in [5.41, 5.74) is -7.23. The summed E-state index contributed by atoms with van der Waals surface area (Å²) in [4.78, 5) is 2.21. The number of halogens is 7. The van der Waals surface area contributed by atoms with Gasteiger partial charge in [0.25, 0.3) is 0 Å². The normalized spacial score (nSPS) is 11.8. The molecule has 0 aliphatic heterocycles. The summed E-state index contributed by atoms with van der Waals surface area (Å²) in [5.74, 6) is -2.22. The molecule has 0 amide bonds. The van der Waals surface area contributed by atoms with E-state index in [4.69, 9.17) is 10.5 Å². The van der Waals surface area contributed by atoms with E-state index in [1.54, 1.807) is 0 Å². The minimum absolute atomic E-state index is 0.908. The maximum absolute atomic E-state index is 13.4. The lowest BCUT2D eigenvalue weighted by molar-refractivity contribution is -0.152. The zero-order valence-electron chi connectivity index (χ0n) is 9.19. The van der Waals surface area contributed by atoms with E-state index in [1.807, 2.05) is 0 Å². The van der Waals surface area contributed by atoms with Crippen LogP contribution in [0.15, 0.2) is 0 Å². The zero-order chi connectivity index (χ0) is 15.7. The maximum Gasteiger partial charge on any atom is 0.436 e. The van der Waals surface area contributed by atoms with Crippen molar-refractivity contribution >= 4 is 0 Å². The van der Waals surface area contributed by atoms with Gasteiger partial charge in [-0.2, -0.15) is 36.9 Å². The van der Waals surface area contributed by atoms with Crippen LogP contribution in [-0.2, 0) is 18.8 Å². The fraction of sp³-hybridized carbons (Fsp3) is 0.300. The standard InChI is InChI=1S/C10H2F7N3/c11-6-5(3-19)4(1-2-18)7(9(12,13)14)20-8(6)10(15,16)17/h1H2. The molecule has 1 aromatic rings. The minimum Gasteiger partial charge on any atom is -0.235 e. The van der Waals surface area contributed by atoms with Gasteiger partial charge < -0.3 is 0 Å². The van der Waals surface area contributed by atoms with Crippen molar-refractivity contribution in [1.29, 1.82) is 10.5 Å². The van der Waals surface area contributed by atoms with Crippen LogP contribution in [0, 0.1) is 28.5 Å². The number of aromatic nitrogens is 1. The Morgan fingerprint density at radius 3 is 1.80 bits per heavy atom. The van der Waals surface area contributed by atoms with E-state index in [0.29, 0.717) is 0 Å². The SMILES string of the molecule is N#CCc1c(C(F)(F)F)nc(C(F)(F)F)c(F)c1C#N. The Kier molecular flexibility index (Phi) is 3.89. The highest BCUT2D eigenvalue weighted by atomic mass is 19.4. The van der Waals surface area contributed by atoms with Crippen LogP contribution in [0.3, 0.4) is 0 Å². The first kappa shape index (κ1) is 15.7. The molecular formula is C10H2F7N3. The number of rotatable bonds is 1. The van der Waals surface area contributed by atoms with Crippen molar-refractivity contribution in [1.82, 2.24) is 4.98 Å². The first-order valence-electron chi connectivity index (χ1n) is 4.67. The third-order valence-corrected chi connectivity index (χ3v) is 2.14. The fourth-order valence-corrected chi connectivity index (χ4v) is 1.39. The Hall–Kier alpha value is -2.36. The van der Waals surface area contributed by atoms with Gasteiger partial charge in [0.05, 0.1) is 18.1 Å². The van der Waals surface area contributed by atoms with Crippen molar-refractivity contribution in [2.75, 3.05) is 0 Å². The van der Waals surface area contributed by atoms with Gasteiger partial charge in [-0.3, -0.25) is 0 Å². The van der Waals surface area contributed by atoms with E-state index < -0.39 is 47.1 Å². The lowest BCUT2D eigenvalue weighted by Gasteiger charge is -2.15. The molecule has 0 unspecified atom stereocenters. The Morgan fingerprint density at radius 2 is 1.45 bits per heavy atom. The van der Waals surface area contributed by atoms with Gasteiger partial charge in [0.2, 0.25) is 0 Å². The van der Waals surface area contributed by atoms with E-state index in [9.17, 15) is 30.7 Å². The molecular weight excluding hydrogens is 295 g/mol. The molecule has 106 valence electrons. The number of nitrogens with zero attached hydrogens (tertiary/aromatic N) is 3. The van der Waals surface area contributed by atoms with Crippen molar-refractivity contribution in [2.24, 2.45) is 0 Å². The van der Waals surface area contributed by atoms with E-state index in [2.05, 4.69) is 4.98 Å². The summed E-state index contributed by atoms with van der Waals surface area (Å²) in [6.45, 7) is 0. The second kappa shape index (κ2) is 4.96. The maximum atomic E-state index is 13.4. The average Bonchev–Trinajstić information content (AvgIpc) is 2.26. The molecule has 1 heterocycles. The number of hydrogen-bond donors (Lipinski definition) is 0. The highest BCUT2D eigenvalue weighted by Crippen LogP contribution is 2.38. The molecule has 3 nitrogen and oxygen atoms in total. The molecule has 0 saturated heterocycles. The molecule has 10 heteroatoms. The third-order valence-electron chi connectivity index (χ3n) is 2.14.